The van der Waals surface area contributed by atoms with Gasteiger partial charge in [0.15, 0.2) is 0 Å². The van der Waals surface area contributed by atoms with Gasteiger partial charge in [-0.1, -0.05) is 6.92 Å². The van der Waals surface area contributed by atoms with E-state index in [1.54, 1.807) is 18.4 Å². The Morgan fingerprint density at radius 2 is 2.06 bits per heavy atom. The summed E-state index contributed by atoms with van der Waals surface area (Å²) < 4.78 is 5.22. The van der Waals surface area contributed by atoms with Crippen molar-refractivity contribution in [1.29, 1.82) is 0 Å². The van der Waals surface area contributed by atoms with Crippen LogP contribution in [0.25, 0.3) is 0 Å². The molecule has 0 spiro atoms. The second kappa shape index (κ2) is 4.26. The molecule has 0 unspecified atom stereocenters. The number of carbonyl (C=O) groups is 2. The third-order valence-corrected chi connectivity index (χ3v) is 4.17. The molecule has 1 aliphatic heterocycles. The number of carbonyl (C=O) groups excluding carboxylic acids is 2. The van der Waals surface area contributed by atoms with Crippen molar-refractivity contribution >= 4 is 11.8 Å². The zero-order chi connectivity index (χ0) is 12.7. The van der Waals surface area contributed by atoms with E-state index in [0.29, 0.717) is 11.7 Å². The van der Waals surface area contributed by atoms with Crippen LogP contribution in [0.4, 0.5) is 0 Å². The third kappa shape index (κ3) is 1.76. The van der Waals surface area contributed by atoms with Crippen LogP contribution < -0.4 is 0 Å². The fourth-order valence-electron chi connectivity index (χ4n) is 3.17. The molecule has 3 atom stereocenters. The number of furan rings is 1. The van der Waals surface area contributed by atoms with Crippen LogP contribution in [0.2, 0.25) is 0 Å². The van der Waals surface area contributed by atoms with Crippen molar-refractivity contribution in [2.45, 2.75) is 32.7 Å². The fraction of sp³-hybridized carbons (Fsp3) is 0.571. The first-order valence-corrected chi connectivity index (χ1v) is 6.54. The first-order chi connectivity index (χ1) is 8.66. The summed E-state index contributed by atoms with van der Waals surface area (Å²) in [6.45, 7) is 2.44. The highest BCUT2D eigenvalue weighted by Crippen LogP contribution is 2.40. The number of fused-ring (bicyclic) bond motifs is 1. The minimum atomic E-state index is -0.0868. The zero-order valence-electron chi connectivity index (χ0n) is 10.5. The van der Waals surface area contributed by atoms with Crippen molar-refractivity contribution in [3.8, 4) is 0 Å². The van der Waals surface area contributed by atoms with Gasteiger partial charge in [-0.2, -0.15) is 0 Å². The molecule has 4 heteroatoms. The molecule has 1 saturated heterocycles. The molecule has 18 heavy (non-hydrogen) atoms. The number of imide groups is 1. The maximum Gasteiger partial charge on any atom is 0.233 e. The van der Waals surface area contributed by atoms with Crippen LogP contribution in [0, 0.1) is 17.8 Å². The van der Waals surface area contributed by atoms with E-state index in [-0.39, 0.29) is 30.2 Å². The van der Waals surface area contributed by atoms with Crippen molar-refractivity contribution in [1.82, 2.24) is 4.90 Å². The Labute approximate surface area is 106 Å². The summed E-state index contributed by atoms with van der Waals surface area (Å²) in [5.41, 5.74) is 0. The molecule has 4 nitrogen and oxygen atoms in total. The molecule has 2 aliphatic rings. The minimum absolute atomic E-state index is 0.00620. The molecule has 2 heterocycles. The van der Waals surface area contributed by atoms with Crippen molar-refractivity contribution in [3.63, 3.8) is 0 Å². The SMILES string of the molecule is C[C@@H]1CC[C@@H]2C(=O)N(Cc3ccco3)C(=O)[C@@H]2C1. The minimum Gasteiger partial charge on any atom is -0.467 e. The van der Waals surface area contributed by atoms with E-state index in [4.69, 9.17) is 4.42 Å². The van der Waals surface area contributed by atoms with E-state index in [2.05, 4.69) is 6.92 Å². The first-order valence-electron chi connectivity index (χ1n) is 6.54. The Balaban J connectivity index is 1.80. The highest BCUT2D eigenvalue weighted by Gasteiger charge is 2.49. The summed E-state index contributed by atoms with van der Waals surface area (Å²) >= 11 is 0. The number of rotatable bonds is 2. The topological polar surface area (TPSA) is 50.5 Å². The van der Waals surface area contributed by atoms with Crippen LogP contribution in [0.1, 0.15) is 31.9 Å². The van der Waals surface area contributed by atoms with Gasteiger partial charge in [0.2, 0.25) is 11.8 Å². The van der Waals surface area contributed by atoms with Gasteiger partial charge in [-0.05, 0) is 37.3 Å². The number of hydrogen-bond acceptors (Lipinski definition) is 3. The Kier molecular flexibility index (Phi) is 2.73. The maximum absolute atomic E-state index is 12.3. The first kappa shape index (κ1) is 11.5. The van der Waals surface area contributed by atoms with Gasteiger partial charge in [-0.3, -0.25) is 14.5 Å². The van der Waals surface area contributed by atoms with Crippen LogP contribution in [0.15, 0.2) is 22.8 Å². The Morgan fingerprint density at radius 3 is 2.78 bits per heavy atom. The summed E-state index contributed by atoms with van der Waals surface area (Å²) in [5, 5.41) is 0. The maximum atomic E-state index is 12.3. The molecular formula is C14H17NO3. The summed E-state index contributed by atoms with van der Waals surface area (Å²) in [5.74, 6) is 1.04. The van der Waals surface area contributed by atoms with Crippen LogP contribution in [0.3, 0.4) is 0 Å². The zero-order valence-corrected chi connectivity index (χ0v) is 10.5. The van der Waals surface area contributed by atoms with Crippen LogP contribution >= 0.6 is 0 Å². The van der Waals surface area contributed by atoms with E-state index >= 15 is 0 Å². The summed E-state index contributed by atoms with van der Waals surface area (Å²) in [6.07, 6.45) is 4.32. The van der Waals surface area contributed by atoms with Gasteiger partial charge in [0, 0.05) is 0 Å². The number of amides is 2. The smallest absolute Gasteiger partial charge is 0.233 e. The van der Waals surface area contributed by atoms with Crippen molar-refractivity contribution in [3.05, 3.63) is 24.2 Å². The predicted octanol–water partition coefficient (Wildman–Crippen LogP) is 2.20. The monoisotopic (exact) mass is 247 g/mol. The van der Waals surface area contributed by atoms with Crippen molar-refractivity contribution in [2.75, 3.05) is 0 Å². The van der Waals surface area contributed by atoms with Gasteiger partial charge in [0.05, 0.1) is 24.6 Å². The van der Waals surface area contributed by atoms with Gasteiger partial charge in [0.1, 0.15) is 5.76 Å². The standard InChI is InChI=1S/C14H17NO3/c1-9-4-5-11-12(7-9)14(17)15(13(11)16)8-10-3-2-6-18-10/h2-3,6,9,11-12H,4-5,7-8H2,1H3/t9-,11+,12-/m1/s1. The molecule has 2 fully saturated rings. The second-order valence-corrected chi connectivity index (χ2v) is 5.47. The lowest BCUT2D eigenvalue weighted by Crippen LogP contribution is -2.30. The Morgan fingerprint density at radius 1 is 1.28 bits per heavy atom. The van der Waals surface area contributed by atoms with Crippen LogP contribution in [-0.4, -0.2) is 16.7 Å². The molecule has 0 aromatic carbocycles. The van der Waals surface area contributed by atoms with Crippen molar-refractivity contribution in [2.24, 2.45) is 17.8 Å². The largest absolute Gasteiger partial charge is 0.467 e. The molecule has 1 saturated carbocycles. The lowest BCUT2D eigenvalue weighted by Gasteiger charge is -2.25. The molecule has 96 valence electrons. The third-order valence-electron chi connectivity index (χ3n) is 4.17. The van der Waals surface area contributed by atoms with E-state index in [0.717, 1.165) is 19.3 Å². The van der Waals surface area contributed by atoms with Crippen molar-refractivity contribution < 1.29 is 14.0 Å². The molecule has 3 rings (SSSR count). The van der Waals surface area contributed by atoms with Gasteiger partial charge in [-0.15, -0.1) is 0 Å². The summed E-state index contributed by atoms with van der Waals surface area (Å²) in [6, 6.07) is 3.57. The second-order valence-electron chi connectivity index (χ2n) is 5.47. The Bertz CT molecular complexity index is 465. The predicted molar refractivity (Wildman–Crippen MR) is 64.3 cm³/mol. The average molecular weight is 247 g/mol. The van der Waals surface area contributed by atoms with Gasteiger partial charge >= 0.3 is 0 Å². The molecule has 1 aliphatic carbocycles. The van der Waals surface area contributed by atoms with Gasteiger partial charge < -0.3 is 4.42 Å². The highest BCUT2D eigenvalue weighted by atomic mass is 16.3. The normalized spacial score (nSPS) is 31.8. The number of likely N-dealkylation sites (tertiary alicyclic amines) is 1. The summed E-state index contributed by atoms with van der Waals surface area (Å²) in [7, 11) is 0. The van der Waals surface area contributed by atoms with Crippen LogP contribution in [-0.2, 0) is 16.1 Å². The number of nitrogens with zero attached hydrogens (tertiary/aromatic N) is 1. The van der Waals surface area contributed by atoms with Gasteiger partial charge in [0.25, 0.3) is 0 Å². The van der Waals surface area contributed by atoms with E-state index in [1.165, 1.54) is 4.90 Å². The Hall–Kier alpha value is -1.58. The molecular weight excluding hydrogens is 230 g/mol. The van der Waals surface area contributed by atoms with E-state index in [1.807, 2.05) is 0 Å². The van der Waals surface area contributed by atoms with Gasteiger partial charge in [-0.25, -0.2) is 0 Å². The summed E-state index contributed by atoms with van der Waals surface area (Å²) in [4.78, 5) is 25.9. The molecule has 0 bridgehead atoms. The van der Waals surface area contributed by atoms with E-state index in [9.17, 15) is 9.59 Å². The fourth-order valence-corrected chi connectivity index (χ4v) is 3.17. The lowest BCUT2D eigenvalue weighted by atomic mass is 9.76. The number of hydrogen-bond donors (Lipinski definition) is 0. The highest BCUT2D eigenvalue weighted by molar-refractivity contribution is 6.05. The molecule has 0 radical (unpaired) electrons. The molecule has 2 amide bonds. The molecule has 1 aromatic rings. The van der Waals surface area contributed by atoms with Crippen LogP contribution in [0.5, 0.6) is 0 Å². The van der Waals surface area contributed by atoms with E-state index < -0.39 is 0 Å². The average Bonchev–Trinajstić information content (AvgIpc) is 2.93. The quantitative estimate of drug-likeness (QED) is 0.753. The molecule has 1 aromatic heterocycles. The lowest BCUT2D eigenvalue weighted by molar-refractivity contribution is -0.140. The molecule has 0 N–H and O–H groups in total.